The van der Waals surface area contributed by atoms with Crippen molar-refractivity contribution in [1.82, 2.24) is 20.3 Å². The second kappa shape index (κ2) is 8.04. The van der Waals surface area contributed by atoms with Crippen molar-refractivity contribution in [3.05, 3.63) is 34.6 Å². The Labute approximate surface area is 189 Å². The molecule has 7 nitrogen and oxygen atoms in total. The van der Waals surface area contributed by atoms with Gasteiger partial charge in [-0.05, 0) is 47.4 Å². The summed E-state index contributed by atoms with van der Waals surface area (Å²) in [4.78, 5) is 24.7. The Balaban J connectivity index is 1.58. The Bertz CT molecular complexity index is 1190. The first kappa shape index (κ1) is 21.2. The number of carbonyl (C=O) groups is 1. The molecular weight excluding hydrogens is 489 g/mol. The van der Waals surface area contributed by atoms with E-state index in [-0.39, 0.29) is 23.6 Å². The van der Waals surface area contributed by atoms with Gasteiger partial charge in [-0.1, -0.05) is 0 Å². The summed E-state index contributed by atoms with van der Waals surface area (Å²) in [5.74, 6) is 0.179. The number of amides is 1. The zero-order valence-electron chi connectivity index (χ0n) is 16.9. The SMILES string of the molecule is O=C1CCN1c1ccc2c(-c3nc(N[C@H]4CCCNC4)ncc3C(F)(F)F)c[nH]c2c1Br. The maximum atomic E-state index is 13.8. The van der Waals surface area contributed by atoms with Crippen LogP contribution in [0.3, 0.4) is 0 Å². The number of carbonyl (C=O) groups excluding carboxylic acids is 1. The van der Waals surface area contributed by atoms with Crippen molar-refractivity contribution in [2.24, 2.45) is 0 Å². The number of hydrogen-bond donors (Lipinski definition) is 3. The van der Waals surface area contributed by atoms with E-state index in [9.17, 15) is 18.0 Å². The van der Waals surface area contributed by atoms with E-state index in [1.54, 1.807) is 17.0 Å². The number of H-pyrrole nitrogens is 1. The number of hydrogen-bond acceptors (Lipinski definition) is 5. The zero-order valence-corrected chi connectivity index (χ0v) is 18.5. The van der Waals surface area contributed by atoms with Crippen LogP contribution in [0, 0.1) is 0 Å². The standard InChI is InChI=1S/C21H20BrF3N6O/c22-17-15(31-7-5-16(31)32)4-3-12-13(9-27-19(12)17)18-14(21(23,24)25)10-28-20(30-18)29-11-2-1-6-26-8-11/h3-4,9-11,26-27H,1-2,5-8H2,(H,28,29,30)/t11-/m0/s1. The van der Waals surface area contributed by atoms with Crippen LogP contribution in [-0.2, 0) is 11.0 Å². The van der Waals surface area contributed by atoms with Gasteiger partial charge >= 0.3 is 6.18 Å². The summed E-state index contributed by atoms with van der Waals surface area (Å²) in [6.45, 7) is 2.25. The van der Waals surface area contributed by atoms with Crippen LogP contribution in [0.15, 0.2) is 29.0 Å². The molecule has 32 heavy (non-hydrogen) atoms. The molecule has 0 bridgehead atoms. The lowest BCUT2D eigenvalue weighted by molar-refractivity contribution is -0.137. The van der Waals surface area contributed by atoms with Crippen molar-refractivity contribution in [3.63, 3.8) is 0 Å². The summed E-state index contributed by atoms with van der Waals surface area (Å²) < 4.78 is 42.0. The zero-order chi connectivity index (χ0) is 22.5. The molecule has 0 radical (unpaired) electrons. The number of piperidine rings is 1. The Morgan fingerprint density at radius 2 is 2.12 bits per heavy atom. The molecular formula is C21H20BrF3N6O. The van der Waals surface area contributed by atoms with E-state index in [2.05, 4.69) is 41.5 Å². The third-order valence-corrected chi connectivity index (χ3v) is 6.70. The van der Waals surface area contributed by atoms with Crippen molar-refractivity contribution < 1.29 is 18.0 Å². The summed E-state index contributed by atoms with van der Waals surface area (Å²) in [6.07, 6.45) is 0.102. The molecule has 0 spiro atoms. The van der Waals surface area contributed by atoms with Gasteiger partial charge in [-0.2, -0.15) is 13.2 Å². The van der Waals surface area contributed by atoms with Gasteiger partial charge < -0.3 is 20.5 Å². The first-order valence-corrected chi connectivity index (χ1v) is 11.1. The second-order valence-electron chi connectivity index (χ2n) is 7.96. The molecule has 2 saturated heterocycles. The van der Waals surface area contributed by atoms with E-state index < -0.39 is 11.7 Å². The summed E-state index contributed by atoms with van der Waals surface area (Å²) in [7, 11) is 0. The fourth-order valence-corrected chi connectivity index (χ4v) is 4.82. The summed E-state index contributed by atoms with van der Waals surface area (Å²) >= 11 is 3.51. The Morgan fingerprint density at radius 3 is 2.78 bits per heavy atom. The van der Waals surface area contributed by atoms with Gasteiger partial charge in [-0.15, -0.1) is 0 Å². The number of fused-ring (bicyclic) bond motifs is 1. The van der Waals surface area contributed by atoms with E-state index in [0.29, 0.717) is 46.1 Å². The largest absolute Gasteiger partial charge is 0.419 e. The third-order valence-electron chi connectivity index (χ3n) is 5.89. The maximum absolute atomic E-state index is 13.8. The van der Waals surface area contributed by atoms with Crippen LogP contribution in [0.1, 0.15) is 24.8 Å². The minimum atomic E-state index is -4.61. The molecule has 2 aliphatic rings. The summed E-state index contributed by atoms with van der Waals surface area (Å²) in [6, 6.07) is 3.51. The predicted molar refractivity (Wildman–Crippen MR) is 119 cm³/mol. The van der Waals surface area contributed by atoms with Gasteiger partial charge in [0.2, 0.25) is 11.9 Å². The number of benzene rings is 1. The number of aromatic amines is 1. The molecule has 0 unspecified atom stereocenters. The molecule has 5 rings (SSSR count). The molecule has 168 valence electrons. The van der Waals surface area contributed by atoms with E-state index in [4.69, 9.17) is 0 Å². The first-order chi connectivity index (χ1) is 15.3. The average molecular weight is 509 g/mol. The topological polar surface area (TPSA) is 85.9 Å². The van der Waals surface area contributed by atoms with Crippen LogP contribution >= 0.6 is 15.9 Å². The molecule has 11 heteroatoms. The number of halogens is 4. The Hall–Kier alpha value is -2.66. The molecule has 2 aliphatic heterocycles. The number of aromatic nitrogens is 3. The van der Waals surface area contributed by atoms with Crippen molar-refractivity contribution in [2.75, 3.05) is 29.9 Å². The van der Waals surface area contributed by atoms with Crippen molar-refractivity contribution >= 4 is 44.4 Å². The number of nitrogens with one attached hydrogen (secondary N) is 3. The Morgan fingerprint density at radius 1 is 1.28 bits per heavy atom. The summed E-state index contributed by atoms with van der Waals surface area (Å²) in [5.41, 5.74) is 0.526. The molecule has 4 heterocycles. The van der Waals surface area contributed by atoms with Crippen LogP contribution in [0.4, 0.5) is 24.8 Å². The lowest BCUT2D eigenvalue weighted by Crippen LogP contribution is -2.43. The lowest BCUT2D eigenvalue weighted by Gasteiger charge is -2.31. The van der Waals surface area contributed by atoms with Crippen LogP contribution in [0.2, 0.25) is 0 Å². The van der Waals surface area contributed by atoms with E-state index in [1.165, 1.54) is 6.20 Å². The average Bonchev–Trinajstić information content (AvgIpc) is 3.19. The Kier molecular flexibility index (Phi) is 5.32. The van der Waals surface area contributed by atoms with Gasteiger partial charge in [0.05, 0.1) is 21.4 Å². The van der Waals surface area contributed by atoms with Gasteiger partial charge in [0.25, 0.3) is 0 Å². The van der Waals surface area contributed by atoms with E-state index in [1.807, 2.05) is 0 Å². The highest BCUT2D eigenvalue weighted by molar-refractivity contribution is 9.10. The number of rotatable bonds is 4. The highest BCUT2D eigenvalue weighted by Gasteiger charge is 2.36. The molecule has 1 aromatic carbocycles. The molecule has 2 aromatic heterocycles. The quantitative estimate of drug-likeness (QED) is 0.457. The minimum Gasteiger partial charge on any atom is -0.360 e. The van der Waals surface area contributed by atoms with Gasteiger partial charge in [-0.25, -0.2) is 9.97 Å². The number of nitrogens with zero attached hydrogens (tertiary/aromatic N) is 3. The van der Waals surface area contributed by atoms with Gasteiger partial charge in [0.15, 0.2) is 0 Å². The van der Waals surface area contributed by atoms with Gasteiger partial charge in [0.1, 0.15) is 5.56 Å². The molecule has 0 saturated carbocycles. The molecule has 3 N–H and O–H groups in total. The fourth-order valence-electron chi connectivity index (χ4n) is 4.15. The molecule has 3 aromatic rings. The number of alkyl halides is 3. The fraction of sp³-hybridized carbons (Fsp3) is 0.381. The van der Waals surface area contributed by atoms with Crippen LogP contribution in [0.5, 0.6) is 0 Å². The second-order valence-corrected chi connectivity index (χ2v) is 8.75. The van der Waals surface area contributed by atoms with Crippen molar-refractivity contribution in [2.45, 2.75) is 31.5 Å². The van der Waals surface area contributed by atoms with Gasteiger partial charge in [-0.3, -0.25) is 4.79 Å². The van der Waals surface area contributed by atoms with Gasteiger partial charge in [0, 0.05) is 48.9 Å². The number of anilines is 2. The lowest BCUT2D eigenvalue weighted by atomic mass is 10.0. The first-order valence-electron chi connectivity index (χ1n) is 10.3. The van der Waals surface area contributed by atoms with Crippen molar-refractivity contribution in [3.8, 4) is 11.3 Å². The van der Waals surface area contributed by atoms with Crippen LogP contribution in [-0.4, -0.2) is 46.5 Å². The third kappa shape index (κ3) is 3.73. The molecule has 0 aliphatic carbocycles. The highest BCUT2D eigenvalue weighted by atomic mass is 79.9. The molecule has 1 amide bonds. The normalized spacial score (nSPS) is 19.3. The molecule has 2 fully saturated rings. The van der Waals surface area contributed by atoms with Crippen LogP contribution in [0.25, 0.3) is 22.2 Å². The molecule has 1 atom stereocenters. The minimum absolute atomic E-state index is 0.0138. The summed E-state index contributed by atoms with van der Waals surface area (Å²) in [5, 5.41) is 6.98. The van der Waals surface area contributed by atoms with Crippen LogP contribution < -0.4 is 15.5 Å². The predicted octanol–water partition coefficient (Wildman–Crippen LogP) is 4.31. The van der Waals surface area contributed by atoms with E-state index in [0.717, 1.165) is 25.6 Å². The maximum Gasteiger partial charge on any atom is 0.419 e. The monoisotopic (exact) mass is 508 g/mol. The smallest absolute Gasteiger partial charge is 0.360 e. The highest BCUT2D eigenvalue weighted by Crippen LogP contribution is 2.42. The van der Waals surface area contributed by atoms with Crippen molar-refractivity contribution in [1.29, 1.82) is 0 Å². The number of β-lactam (4-membered cyclic amide) rings is 1. The van der Waals surface area contributed by atoms with E-state index >= 15 is 0 Å².